The molecule has 0 N–H and O–H groups in total. The Balaban J connectivity index is 1.93. The number of rotatable bonds is 6. The third kappa shape index (κ3) is 3.64. The molecular formula is C16H22O3. The zero-order chi connectivity index (χ0) is 13.7. The normalized spacial score (nSPS) is 17.6. The van der Waals surface area contributed by atoms with Gasteiger partial charge in [-0.3, -0.25) is 4.79 Å². The third-order valence-electron chi connectivity index (χ3n) is 3.55. The lowest BCUT2D eigenvalue weighted by molar-refractivity contribution is -0.166. The van der Waals surface area contributed by atoms with E-state index in [0.29, 0.717) is 26.1 Å². The van der Waals surface area contributed by atoms with E-state index in [1.807, 2.05) is 31.2 Å². The van der Waals surface area contributed by atoms with Gasteiger partial charge in [0.15, 0.2) is 11.6 Å². The number of hydrogen-bond acceptors (Lipinski definition) is 3. The fourth-order valence-electron chi connectivity index (χ4n) is 2.48. The molecule has 1 aromatic rings. The van der Waals surface area contributed by atoms with Crippen molar-refractivity contribution >= 4 is 5.78 Å². The van der Waals surface area contributed by atoms with Crippen LogP contribution in [0.4, 0.5) is 0 Å². The second-order valence-electron chi connectivity index (χ2n) is 5.15. The number of ether oxygens (including phenoxy) is 2. The molecule has 1 aliphatic heterocycles. The van der Waals surface area contributed by atoms with E-state index in [9.17, 15) is 4.79 Å². The predicted octanol–water partition coefficient (Wildman–Crippen LogP) is 3.50. The summed E-state index contributed by atoms with van der Waals surface area (Å²) in [7, 11) is 0. The fraction of sp³-hybridized carbons (Fsp3) is 0.562. The van der Waals surface area contributed by atoms with Crippen molar-refractivity contribution in [3.63, 3.8) is 0 Å². The monoisotopic (exact) mass is 262 g/mol. The van der Waals surface area contributed by atoms with Gasteiger partial charge < -0.3 is 9.47 Å². The summed E-state index contributed by atoms with van der Waals surface area (Å²) in [6.07, 6.45) is 2.98. The lowest BCUT2D eigenvalue weighted by atomic mass is 9.99. The number of hydrogen-bond donors (Lipinski definition) is 0. The van der Waals surface area contributed by atoms with E-state index in [-0.39, 0.29) is 5.78 Å². The van der Waals surface area contributed by atoms with Crippen molar-refractivity contribution in [2.75, 3.05) is 13.2 Å². The molecule has 0 saturated carbocycles. The van der Waals surface area contributed by atoms with Crippen LogP contribution in [0.2, 0.25) is 0 Å². The Morgan fingerprint density at radius 1 is 1.16 bits per heavy atom. The first-order valence-corrected chi connectivity index (χ1v) is 7.03. The first kappa shape index (κ1) is 14.2. The van der Waals surface area contributed by atoms with Crippen molar-refractivity contribution in [1.82, 2.24) is 0 Å². The minimum Gasteiger partial charge on any atom is -0.348 e. The van der Waals surface area contributed by atoms with Crippen LogP contribution >= 0.6 is 0 Å². The largest absolute Gasteiger partial charge is 0.348 e. The maximum Gasteiger partial charge on any atom is 0.168 e. The molecule has 0 amide bonds. The average molecular weight is 262 g/mol. The van der Waals surface area contributed by atoms with E-state index in [2.05, 4.69) is 6.92 Å². The second-order valence-corrected chi connectivity index (χ2v) is 5.15. The summed E-state index contributed by atoms with van der Waals surface area (Å²) < 4.78 is 11.4. The zero-order valence-electron chi connectivity index (χ0n) is 11.8. The summed E-state index contributed by atoms with van der Waals surface area (Å²) in [5.74, 6) is -0.357. The molecule has 0 spiro atoms. The molecule has 0 radical (unpaired) electrons. The SMILES string of the molecule is CCCC1(CCC(=O)c2ccc(C)cc2)OCCO1. The van der Waals surface area contributed by atoms with E-state index in [0.717, 1.165) is 18.4 Å². The molecule has 3 nitrogen and oxygen atoms in total. The Morgan fingerprint density at radius 3 is 2.37 bits per heavy atom. The molecule has 2 rings (SSSR count). The minimum atomic E-state index is -0.519. The van der Waals surface area contributed by atoms with E-state index < -0.39 is 5.79 Å². The molecule has 1 aromatic carbocycles. The molecular weight excluding hydrogens is 240 g/mol. The highest BCUT2D eigenvalue weighted by molar-refractivity contribution is 5.96. The van der Waals surface area contributed by atoms with Crippen LogP contribution in [-0.4, -0.2) is 24.8 Å². The van der Waals surface area contributed by atoms with Crippen molar-refractivity contribution in [3.8, 4) is 0 Å². The van der Waals surface area contributed by atoms with Gasteiger partial charge in [0.05, 0.1) is 13.2 Å². The highest BCUT2D eigenvalue weighted by atomic mass is 16.7. The molecule has 0 aromatic heterocycles. The van der Waals surface area contributed by atoms with Gasteiger partial charge in [-0.25, -0.2) is 0 Å². The van der Waals surface area contributed by atoms with Crippen LogP contribution < -0.4 is 0 Å². The van der Waals surface area contributed by atoms with Crippen LogP contribution in [-0.2, 0) is 9.47 Å². The number of aryl methyl sites for hydroxylation is 1. The molecule has 1 aliphatic rings. The van der Waals surface area contributed by atoms with E-state index in [4.69, 9.17) is 9.47 Å². The maximum atomic E-state index is 12.1. The smallest absolute Gasteiger partial charge is 0.168 e. The Morgan fingerprint density at radius 2 is 1.79 bits per heavy atom. The molecule has 1 heterocycles. The Hall–Kier alpha value is -1.19. The Kier molecular flexibility index (Phi) is 4.72. The lowest BCUT2D eigenvalue weighted by Gasteiger charge is -2.26. The summed E-state index contributed by atoms with van der Waals surface area (Å²) in [5, 5.41) is 0. The number of carbonyl (C=O) groups is 1. The van der Waals surface area contributed by atoms with Gasteiger partial charge in [0, 0.05) is 24.8 Å². The van der Waals surface area contributed by atoms with Crippen molar-refractivity contribution in [2.24, 2.45) is 0 Å². The molecule has 1 fully saturated rings. The molecule has 0 unspecified atom stereocenters. The van der Waals surface area contributed by atoms with Gasteiger partial charge in [-0.05, 0) is 6.92 Å². The van der Waals surface area contributed by atoms with Crippen molar-refractivity contribution in [1.29, 1.82) is 0 Å². The van der Waals surface area contributed by atoms with Gasteiger partial charge in [-0.1, -0.05) is 43.2 Å². The van der Waals surface area contributed by atoms with Crippen molar-refractivity contribution in [2.45, 2.75) is 45.3 Å². The number of benzene rings is 1. The molecule has 104 valence electrons. The summed E-state index contributed by atoms with van der Waals surface area (Å²) >= 11 is 0. The number of ketones is 1. The van der Waals surface area contributed by atoms with Gasteiger partial charge >= 0.3 is 0 Å². The fourth-order valence-corrected chi connectivity index (χ4v) is 2.48. The van der Waals surface area contributed by atoms with Crippen LogP contribution in [0, 0.1) is 6.92 Å². The molecule has 0 atom stereocenters. The number of Topliss-reactive ketones (excluding diaryl/α,β-unsaturated/α-hetero) is 1. The van der Waals surface area contributed by atoms with Crippen LogP contribution in [0.1, 0.15) is 48.5 Å². The van der Waals surface area contributed by atoms with Gasteiger partial charge in [0.25, 0.3) is 0 Å². The van der Waals surface area contributed by atoms with Crippen LogP contribution in [0.5, 0.6) is 0 Å². The topological polar surface area (TPSA) is 35.5 Å². The summed E-state index contributed by atoms with van der Waals surface area (Å²) in [4.78, 5) is 12.1. The summed E-state index contributed by atoms with van der Waals surface area (Å²) in [5.41, 5.74) is 1.94. The molecule has 19 heavy (non-hydrogen) atoms. The summed E-state index contributed by atoms with van der Waals surface area (Å²) in [6.45, 7) is 5.40. The first-order valence-electron chi connectivity index (χ1n) is 7.03. The van der Waals surface area contributed by atoms with Crippen molar-refractivity contribution < 1.29 is 14.3 Å². The van der Waals surface area contributed by atoms with Crippen LogP contribution in [0.15, 0.2) is 24.3 Å². The van der Waals surface area contributed by atoms with Crippen LogP contribution in [0.3, 0.4) is 0 Å². The molecule has 3 heteroatoms. The number of carbonyl (C=O) groups excluding carboxylic acids is 1. The molecule has 1 saturated heterocycles. The summed E-state index contributed by atoms with van der Waals surface area (Å²) in [6, 6.07) is 7.72. The highest BCUT2D eigenvalue weighted by Crippen LogP contribution is 2.30. The predicted molar refractivity (Wildman–Crippen MR) is 74.3 cm³/mol. The molecule has 0 bridgehead atoms. The minimum absolute atomic E-state index is 0.162. The quantitative estimate of drug-likeness (QED) is 0.736. The first-order chi connectivity index (χ1) is 9.15. The van der Waals surface area contributed by atoms with Gasteiger partial charge in [0.2, 0.25) is 0 Å². The van der Waals surface area contributed by atoms with Gasteiger partial charge in [-0.15, -0.1) is 0 Å². The van der Waals surface area contributed by atoms with E-state index in [1.165, 1.54) is 5.56 Å². The zero-order valence-corrected chi connectivity index (χ0v) is 11.8. The second kappa shape index (κ2) is 6.31. The Bertz CT molecular complexity index is 416. The average Bonchev–Trinajstić information content (AvgIpc) is 2.86. The highest BCUT2D eigenvalue weighted by Gasteiger charge is 2.35. The third-order valence-corrected chi connectivity index (χ3v) is 3.55. The van der Waals surface area contributed by atoms with Gasteiger partial charge in [-0.2, -0.15) is 0 Å². The van der Waals surface area contributed by atoms with Gasteiger partial charge in [0.1, 0.15) is 0 Å². The maximum absolute atomic E-state index is 12.1. The van der Waals surface area contributed by atoms with E-state index >= 15 is 0 Å². The van der Waals surface area contributed by atoms with Crippen molar-refractivity contribution in [3.05, 3.63) is 35.4 Å². The lowest BCUT2D eigenvalue weighted by Crippen LogP contribution is -2.30. The Labute approximate surface area is 114 Å². The standard InChI is InChI=1S/C16H22O3/c1-3-9-16(18-11-12-19-16)10-8-15(17)14-6-4-13(2)5-7-14/h4-7H,3,8-12H2,1-2H3. The van der Waals surface area contributed by atoms with Crippen LogP contribution in [0.25, 0.3) is 0 Å². The van der Waals surface area contributed by atoms with E-state index in [1.54, 1.807) is 0 Å². The molecule has 0 aliphatic carbocycles.